The topological polar surface area (TPSA) is 61.4 Å². The maximum absolute atomic E-state index is 11.6. The maximum atomic E-state index is 11.6. The van der Waals surface area contributed by atoms with Crippen molar-refractivity contribution in [2.24, 2.45) is 5.92 Å². The minimum atomic E-state index is -0.0565. The van der Waals surface area contributed by atoms with Gasteiger partial charge in [-0.1, -0.05) is 0 Å². The molecule has 1 saturated heterocycles. The maximum Gasteiger partial charge on any atom is 0.317 e. The van der Waals surface area contributed by atoms with Gasteiger partial charge in [-0.2, -0.15) is 0 Å². The molecule has 0 aromatic rings. The smallest absolute Gasteiger partial charge is 0.317 e. The van der Waals surface area contributed by atoms with Crippen LogP contribution in [-0.2, 0) is 4.79 Å². The summed E-state index contributed by atoms with van der Waals surface area (Å²) in [6.45, 7) is 1.37. The molecule has 1 heterocycles. The Hall–Kier alpha value is -1.26. The molecular weight excluding hydrogens is 206 g/mol. The van der Waals surface area contributed by atoms with Crippen LogP contribution in [0.3, 0.4) is 0 Å². The molecule has 0 unspecified atom stereocenters. The predicted molar refractivity (Wildman–Crippen MR) is 59.9 cm³/mol. The summed E-state index contributed by atoms with van der Waals surface area (Å²) in [5, 5.41) is 5.60. The summed E-state index contributed by atoms with van der Waals surface area (Å²) in [5.41, 5.74) is 0. The lowest BCUT2D eigenvalue weighted by Gasteiger charge is -2.16. The molecule has 3 amide bonds. The lowest BCUT2D eigenvalue weighted by atomic mass is 10.2. The van der Waals surface area contributed by atoms with Gasteiger partial charge in [0.15, 0.2) is 0 Å². The molecule has 1 atom stereocenters. The minimum absolute atomic E-state index is 0.0565. The minimum Gasteiger partial charge on any atom is -0.352 e. The molecule has 1 aliphatic carbocycles. The monoisotopic (exact) mass is 225 g/mol. The third-order valence-corrected chi connectivity index (χ3v) is 3.23. The Bertz CT molecular complexity index is 289. The first-order valence-corrected chi connectivity index (χ1v) is 5.95. The molecule has 2 N–H and O–H groups in total. The Morgan fingerprint density at radius 2 is 2.06 bits per heavy atom. The highest BCUT2D eigenvalue weighted by atomic mass is 16.2. The first kappa shape index (κ1) is 11.2. The standard InChI is InChI=1S/C11H19N3O2/c1-12-11(16)14-5-4-9(7-14)13-10(15)6-8-2-3-8/h8-9H,2-7H2,1H3,(H,12,16)(H,13,15)/t9-/m0/s1. The fraction of sp³-hybridized carbons (Fsp3) is 0.818. The van der Waals surface area contributed by atoms with Gasteiger partial charge < -0.3 is 15.5 Å². The van der Waals surface area contributed by atoms with E-state index in [2.05, 4.69) is 10.6 Å². The molecule has 2 fully saturated rings. The molecule has 90 valence electrons. The van der Waals surface area contributed by atoms with Crippen molar-refractivity contribution in [3.63, 3.8) is 0 Å². The molecule has 16 heavy (non-hydrogen) atoms. The SMILES string of the molecule is CNC(=O)N1CC[C@H](NC(=O)CC2CC2)C1. The molecule has 1 aliphatic heterocycles. The second-order valence-corrected chi connectivity index (χ2v) is 4.70. The van der Waals surface area contributed by atoms with E-state index in [4.69, 9.17) is 0 Å². The van der Waals surface area contributed by atoms with Gasteiger partial charge in [-0.25, -0.2) is 4.79 Å². The van der Waals surface area contributed by atoms with Crippen LogP contribution in [0.4, 0.5) is 4.79 Å². The van der Waals surface area contributed by atoms with E-state index in [0.717, 1.165) is 13.0 Å². The van der Waals surface area contributed by atoms with Crippen LogP contribution in [0.15, 0.2) is 0 Å². The van der Waals surface area contributed by atoms with Crippen molar-refractivity contribution < 1.29 is 9.59 Å². The first-order valence-electron chi connectivity index (χ1n) is 5.95. The van der Waals surface area contributed by atoms with Gasteiger partial charge in [-0.15, -0.1) is 0 Å². The van der Waals surface area contributed by atoms with Gasteiger partial charge in [0.05, 0.1) is 0 Å². The van der Waals surface area contributed by atoms with Crippen molar-refractivity contribution in [3.8, 4) is 0 Å². The van der Waals surface area contributed by atoms with Gasteiger partial charge in [0.25, 0.3) is 0 Å². The number of carbonyl (C=O) groups is 2. The molecule has 0 aromatic heterocycles. The van der Waals surface area contributed by atoms with E-state index < -0.39 is 0 Å². The van der Waals surface area contributed by atoms with Crippen LogP contribution in [0.25, 0.3) is 0 Å². The Kier molecular flexibility index (Phi) is 3.31. The fourth-order valence-electron chi connectivity index (χ4n) is 2.09. The van der Waals surface area contributed by atoms with Gasteiger partial charge in [0.2, 0.25) is 5.91 Å². The van der Waals surface area contributed by atoms with E-state index in [1.54, 1.807) is 11.9 Å². The molecule has 5 heteroatoms. The molecular formula is C11H19N3O2. The lowest BCUT2D eigenvalue weighted by molar-refractivity contribution is -0.122. The molecule has 5 nitrogen and oxygen atoms in total. The van der Waals surface area contributed by atoms with E-state index in [-0.39, 0.29) is 18.0 Å². The van der Waals surface area contributed by atoms with Crippen LogP contribution in [-0.4, -0.2) is 43.0 Å². The van der Waals surface area contributed by atoms with Gasteiger partial charge in [0, 0.05) is 32.6 Å². The molecule has 2 rings (SSSR count). The van der Waals surface area contributed by atoms with E-state index in [9.17, 15) is 9.59 Å². The number of rotatable bonds is 3. The van der Waals surface area contributed by atoms with Crippen LogP contribution in [0.5, 0.6) is 0 Å². The highest BCUT2D eigenvalue weighted by molar-refractivity contribution is 5.77. The Labute approximate surface area is 95.6 Å². The highest BCUT2D eigenvalue weighted by Gasteiger charge is 2.29. The van der Waals surface area contributed by atoms with Crippen molar-refractivity contribution in [3.05, 3.63) is 0 Å². The summed E-state index contributed by atoms with van der Waals surface area (Å²) < 4.78 is 0. The highest BCUT2D eigenvalue weighted by Crippen LogP contribution is 2.32. The normalized spacial score (nSPS) is 24.3. The molecule has 1 saturated carbocycles. The number of urea groups is 1. The summed E-state index contributed by atoms with van der Waals surface area (Å²) in [6.07, 6.45) is 3.92. The average Bonchev–Trinajstić information content (AvgIpc) is 2.94. The fourth-order valence-corrected chi connectivity index (χ4v) is 2.09. The third-order valence-electron chi connectivity index (χ3n) is 3.23. The predicted octanol–water partition coefficient (Wildman–Crippen LogP) is 0.316. The Morgan fingerprint density at radius 1 is 1.31 bits per heavy atom. The van der Waals surface area contributed by atoms with Crippen LogP contribution in [0.2, 0.25) is 0 Å². The van der Waals surface area contributed by atoms with Gasteiger partial charge in [-0.3, -0.25) is 4.79 Å². The number of nitrogens with zero attached hydrogens (tertiary/aromatic N) is 1. The van der Waals surface area contributed by atoms with Crippen LogP contribution < -0.4 is 10.6 Å². The van der Waals surface area contributed by atoms with Gasteiger partial charge in [0.1, 0.15) is 0 Å². The van der Waals surface area contributed by atoms with Crippen molar-refractivity contribution >= 4 is 11.9 Å². The first-order chi connectivity index (χ1) is 7.69. The number of likely N-dealkylation sites (tertiary alicyclic amines) is 1. The largest absolute Gasteiger partial charge is 0.352 e. The van der Waals surface area contributed by atoms with Crippen molar-refractivity contribution in [2.75, 3.05) is 20.1 Å². The number of hydrogen-bond acceptors (Lipinski definition) is 2. The average molecular weight is 225 g/mol. The molecule has 0 spiro atoms. The van der Waals surface area contributed by atoms with Crippen LogP contribution in [0.1, 0.15) is 25.7 Å². The van der Waals surface area contributed by atoms with E-state index in [1.807, 2.05) is 0 Å². The Balaban J connectivity index is 1.71. The zero-order chi connectivity index (χ0) is 11.5. The van der Waals surface area contributed by atoms with Crippen molar-refractivity contribution in [2.45, 2.75) is 31.7 Å². The van der Waals surface area contributed by atoms with Gasteiger partial charge in [-0.05, 0) is 25.2 Å². The Morgan fingerprint density at radius 3 is 2.69 bits per heavy atom. The number of hydrogen-bond donors (Lipinski definition) is 2. The van der Waals surface area contributed by atoms with Gasteiger partial charge >= 0.3 is 6.03 Å². The quantitative estimate of drug-likeness (QED) is 0.726. The number of nitrogens with one attached hydrogen (secondary N) is 2. The number of carbonyl (C=O) groups excluding carboxylic acids is 2. The second kappa shape index (κ2) is 4.72. The van der Waals surface area contributed by atoms with Crippen LogP contribution >= 0.6 is 0 Å². The third kappa shape index (κ3) is 2.87. The lowest BCUT2D eigenvalue weighted by Crippen LogP contribution is -2.41. The van der Waals surface area contributed by atoms with E-state index in [0.29, 0.717) is 18.9 Å². The van der Waals surface area contributed by atoms with Crippen molar-refractivity contribution in [1.29, 1.82) is 0 Å². The van der Waals surface area contributed by atoms with E-state index in [1.165, 1.54) is 12.8 Å². The molecule has 0 bridgehead atoms. The molecule has 2 aliphatic rings. The second-order valence-electron chi connectivity index (χ2n) is 4.70. The summed E-state index contributed by atoms with van der Waals surface area (Å²) in [6, 6.07) is 0.0856. The number of amides is 3. The summed E-state index contributed by atoms with van der Waals surface area (Å²) >= 11 is 0. The zero-order valence-corrected chi connectivity index (χ0v) is 9.66. The summed E-state index contributed by atoms with van der Waals surface area (Å²) in [4.78, 5) is 24.6. The van der Waals surface area contributed by atoms with E-state index >= 15 is 0 Å². The summed E-state index contributed by atoms with van der Waals surface area (Å²) in [7, 11) is 1.63. The summed E-state index contributed by atoms with van der Waals surface area (Å²) in [5.74, 6) is 0.766. The molecule has 0 aromatic carbocycles. The zero-order valence-electron chi connectivity index (χ0n) is 9.66. The molecule has 0 radical (unpaired) electrons. The van der Waals surface area contributed by atoms with Crippen molar-refractivity contribution in [1.82, 2.24) is 15.5 Å². The van der Waals surface area contributed by atoms with Crippen LogP contribution in [0, 0.1) is 5.92 Å².